The molecule has 2 unspecified atom stereocenters. The molecule has 0 radical (unpaired) electrons. The first-order chi connectivity index (χ1) is 9.16. The third-order valence-electron chi connectivity index (χ3n) is 4.22. The molecule has 0 bridgehead atoms. The summed E-state index contributed by atoms with van der Waals surface area (Å²) in [6.07, 6.45) is 11.0. The minimum Gasteiger partial charge on any atom is -0.353 e. The summed E-state index contributed by atoms with van der Waals surface area (Å²) in [5.74, 6) is 1.69. The molecule has 0 aromatic carbocycles. The maximum Gasteiger partial charge on any atom is 0.180 e. The molecule has 19 heavy (non-hydrogen) atoms. The fourth-order valence-electron chi connectivity index (χ4n) is 3.15. The van der Waals surface area contributed by atoms with Gasteiger partial charge < -0.3 is 9.30 Å². The van der Waals surface area contributed by atoms with Gasteiger partial charge in [0, 0.05) is 31.7 Å². The quantitative estimate of drug-likeness (QED) is 0.848. The normalized spacial score (nSPS) is 23.7. The van der Waals surface area contributed by atoms with Crippen molar-refractivity contribution in [3.63, 3.8) is 0 Å². The van der Waals surface area contributed by atoms with E-state index in [0.717, 1.165) is 22.0 Å². The molecular weight excluding hydrogens is 304 g/mol. The Kier molecular flexibility index (Phi) is 3.48. The average Bonchev–Trinajstić information content (AvgIpc) is 2.85. The van der Waals surface area contributed by atoms with Gasteiger partial charge in [0.05, 0.1) is 0 Å². The predicted octanol–water partition coefficient (Wildman–Crippen LogP) is 3.51. The molecule has 1 saturated carbocycles. The molecular formula is C14H19BrN4. The van der Waals surface area contributed by atoms with E-state index in [1.165, 1.54) is 25.7 Å². The lowest BCUT2D eigenvalue weighted by atomic mass is 9.85. The van der Waals surface area contributed by atoms with Crippen LogP contribution in [0.15, 0.2) is 23.2 Å². The summed E-state index contributed by atoms with van der Waals surface area (Å²) in [6, 6.07) is 0.566. The molecule has 102 valence electrons. The van der Waals surface area contributed by atoms with Crippen LogP contribution in [-0.2, 0) is 0 Å². The van der Waals surface area contributed by atoms with Gasteiger partial charge in [0.25, 0.3) is 0 Å². The minimum absolute atomic E-state index is 0.566. The number of nitrogens with zero attached hydrogens (tertiary/aromatic N) is 4. The van der Waals surface area contributed by atoms with Gasteiger partial charge >= 0.3 is 0 Å². The number of fused-ring (bicyclic) bond motifs is 1. The second kappa shape index (κ2) is 5.12. The molecule has 2 atom stereocenters. The van der Waals surface area contributed by atoms with E-state index < -0.39 is 0 Å². The Labute approximate surface area is 122 Å². The fourth-order valence-corrected chi connectivity index (χ4v) is 3.54. The van der Waals surface area contributed by atoms with Crippen LogP contribution in [0.3, 0.4) is 0 Å². The molecule has 5 heteroatoms. The summed E-state index contributed by atoms with van der Waals surface area (Å²) in [4.78, 5) is 11.4. The molecule has 0 saturated heterocycles. The largest absolute Gasteiger partial charge is 0.353 e. The third-order valence-corrected chi connectivity index (χ3v) is 4.61. The van der Waals surface area contributed by atoms with Gasteiger partial charge in [-0.1, -0.05) is 19.8 Å². The highest BCUT2D eigenvalue weighted by Gasteiger charge is 2.27. The highest BCUT2D eigenvalue weighted by molar-refractivity contribution is 9.10. The number of halogens is 1. The van der Waals surface area contributed by atoms with E-state index in [0.29, 0.717) is 6.04 Å². The Morgan fingerprint density at radius 3 is 2.95 bits per heavy atom. The number of anilines is 1. The summed E-state index contributed by atoms with van der Waals surface area (Å²) in [6.45, 7) is 2.35. The van der Waals surface area contributed by atoms with Gasteiger partial charge in [0.1, 0.15) is 4.60 Å². The van der Waals surface area contributed by atoms with Crippen molar-refractivity contribution in [2.75, 3.05) is 11.9 Å². The highest BCUT2D eigenvalue weighted by atomic mass is 79.9. The van der Waals surface area contributed by atoms with Crippen LogP contribution in [0.4, 0.5) is 5.82 Å². The molecule has 1 fully saturated rings. The van der Waals surface area contributed by atoms with E-state index in [-0.39, 0.29) is 0 Å². The summed E-state index contributed by atoms with van der Waals surface area (Å²) in [5, 5.41) is 0. The Morgan fingerprint density at radius 2 is 2.16 bits per heavy atom. The van der Waals surface area contributed by atoms with E-state index in [2.05, 4.69) is 44.8 Å². The Balaban J connectivity index is 2.00. The summed E-state index contributed by atoms with van der Waals surface area (Å²) in [5.41, 5.74) is 0.934. The first-order valence-electron chi connectivity index (χ1n) is 6.89. The van der Waals surface area contributed by atoms with Crippen molar-refractivity contribution < 1.29 is 0 Å². The van der Waals surface area contributed by atoms with Crippen LogP contribution in [0.2, 0.25) is 0 Å². The lowest BCUT2D eigenvalue weighted by Crippen LogP contribution is -2.39. The van der Waals surface area contributed by atoms with Crippen molar-refractivity contribution in [1.82, 2.24) is 14.4 Å². The third kappa shape index (κ3) is 2.36. The number of hydrogen-bond donors (Lipinski definition) is 0. The molecule has 1 aliphatic rings. The minimum atomic E-state index is 0.566. The predicted molar refractivity (Wildman–Crippen MR) is 80.5 cm³/mol. The van der Waals surface area contributed by atoms with Gasteiger partial charge in [-0.05, 0) is 34.7 Å². The van der Waals surface area contributed by atoms with Crippen LogP contribution in [0.1, 0.15) is 32.6 Å². The Hall–Kier alpha value is -1.10. The highest BCUT2D eigenvalue weighted by Crippen LogP contribution is 2.31. The van der Waals surface area contributed by atoms with E-state index in [1.54, 1.807) is 0 Å². The number of imidazole rings is 1. The van der Waals surface area contributed by atoms with Crippen molar-refractivity contribution in [3.8, 4) is 0 Å². The maximum absolute atomic E-state index is 4.64. The standard InChI is InChI=1S/C14H19BrN4/c1-10-5-3-4-6-11(10)18(2)14-13-16-7-8-19(13)9-12(15)17-14/h7-11H,3-6H2,1-2H3. The smallest absolute Gasteiger partial charge is 0.180 e. The number of aromatic nitrogens is 3. The summed E-state index contributed by atoms with van der Waals surface area (Å²) in [7, 11) is 2.15. The van der Waals surface area contributed by atoms with E-state index in [4.69, 9.17) is 0 Å². The second-order valence-electron chi connectivity index (χ2n) is 5.49. The van der Waals surface area contributed by atoms with Crippen LogP contribution in [0, 0.1) is 5.92 Å². The second-order valence-corrected chi connectivity index (χ2v) is 6.30. The van der Waals surface area contributed by atoms with Crippen molar-refractivity contribution >= 4 is 27.4 Å². The van der Waals surface area contributed by atoms with Gasteiger partial charge in [0.2, 0.25) is 0 Å². The maximum atomic E-state index is 4.64. The first kappa shape index (κ1) is 12.9. The van der Waals surface area contributed by atoms with Crippen LogP contribution in [0.25, 0.3) is 5.65 Å². The van der Waals surface area contributed by atoms with Gasteiger partial charge in [0.15, 0.2) is 11.5 Å². The molecule has 3 rings (SSSR count). The zero-order valence-electron chi connectivity index (χ0n) is 11.4. The average molecular weight is 323 g/mol. The molecule has 1 aliphatic carbocycles. The van der Waals surface area contributed by atoms with Crippen molar-refractivity contribution in [2.24, 2.45) is 5.92 Å². The van der Waals surface area contributed by atoms with Gasteiger partial charge in [-0.3, -0.25) is 0 Å². The van der Waals surface area contributed by atoms with Gasteiger partial charge in [-0.15, -0.1) is 0 Å². The zero-order chi connectivity index (χ0) is 13.4. The van der Waals surface area contributed by atoms with Crippen molar-refractivity contribution in [1.29, 1.82) is 0 Å². The topological polar surface area (TPSA) is 33.4 Å². The molecule has 2 aromatic rings. The Bertz CT molecular complexity index is 580. The van der Waals surface area contributed by atoms with Crippen LogP contribution >= 0.6 is 15.9 Å². The first-order valence-corrected chi connectivity index (χ1v) is 7.68. The molecule has 0 amide bonds. The van der Waals surface area contributed by atoms with Gasteiger partial charge in [-0.25, -0.2) is 9.97 Å². The number of hydrogen-bond acceptors (Lipinski definition) is 3. The van der Waals surface area contributed by atoms with Crippen LogP contribution in [-0.4, -0.2) is 27.5 Å². The monoisotopic (exact) mass is 322 g/mol. The van der Waals surface area contributed by atoms with E-state index >= 15 is 0 Å². The molecule has 0 N–H and O–H groups in total. The fraction of sp³-hybridized carbons (Fsp3) is 0.571. The zero-order valence-corrected chi connectivity index (χ0v) is 13.0. The molecule has 2 aromatic heterocycles. The van der Waals surface area contributed by atoms with Crippen LogP contribution < -0.4 is 4.90 Å². The number of rotatable bonds is 2. The molecule has 0 spiro atoms. The van der Waals surface area contributed by atoms with Crippen LogP contribution in [0.5, 0.6) is 0 Å². The molecule has 4 nitrogen and oxygen atoms in total. The van der Waals surface area contributed by atoms with E-state index in [1.807, 2.05) is 23.0 Å². The van der Waals surface area contributed by atoms with Crippen molar-refractivity contribution in [2.45, 2.75) is 38.6 Å². The van der Waals surface area contributed by atoms with E-state index in [9.17, 15) is 0 Å². The summed E-state index contributed by atoms with van der Waals surface area (Å²) < 4.78 is 2.87. The van der Waals surface area contributed by atoms with Crippen molar-refractivity contribution in [3.05, 3.63) is 23.2 Å². The SMILES string of the molecule is CC1CCCCC1N(C)c1nc(Br)cn2ccnc12. The lowest BCUT2D eigenvalue weighted by Gasteiger charge is -2.37. The lowest BCUT2D eigenvalue weighted by molar-refractivity contribution is 0.321. The molecule has 2 heterocycles. The van der Waals surface area contributed by atoms with Gasteiger partial charge in [-0.2, -0.15) is 0 Å². The molecule has 0 aliphatic heterocycles. The summed E-state index contributed by atoms with van der Waals surface area (Å²) >= 11 is 3.49. The Morgan fingerprint density at radius 1 is 1.37 bits per heavy atom.